The standard InChI is InChI=1S/C25H24N2O3/c1-2-18-8-6-7-11-23(18)27-17-19(16-24(27)28)25(29)26-20-12-14-22(15-13-20)30-21-9-4-3-5-10-21/h3-15,19H,2,16-17H2,1H3,(H,26,29)/t19-/m1/s1. The van der Waals surface area contributed by atoms with Gasteiger partial charge in [0.2, 0.25) is 11.8 Å². The second-order valence-electron chi connectivity index (χ2n) is 7.32. The second-order valence-corrected chi connectivity index (χ2v) is 7.32. The third-order valence-corrected chi connectivity index (χ3v) is 5.26. The van der Waals surface area contributed by atoms with Crippen molar-refractivity contribution in [2.24, 2.45) is 5.92 Å². The number of para-hydroxylation sites is 2. The zero-order valence-electron chi connectivity index (χ0n) is 16.9. The van der Waals surface area contributed by atoms with Crippen LogP contribution in [0.25, 0.3) is 0 Å². The second kappa shape index (κ2) is 8.82. The topological polar surface area (TPSA) is 58.6 Å². The van der Waals surface area contributed by atoms with Crippen LogP contribution in [0.4, 0.5) is 11.4 Å². The van der Waals surface area contributed by atoms with Gasteiger partial charge in [0.15, 0.2) is 0 Å². The number of aryl methyl sites for hydroxylation is 1. The molecule has 0 bridgehead atoms. The minimum absolute atomic E-state index is 0.0114. The monoisotopic (exact) mass is 400 g/mol. The van der Waals surface area contributed by atoms with Crippen molar-refractivity contribution in [1.29, 1.82) is 0 Å². The van der Waals surface area contributed by atoms with Crippen LogP contribution in [0.3, 0.4) is 0 Å². The summed E-state index contributed by atoms with van der Waals surface area (Å²) in [5, 5.41) is 2.92. The van der Waals surface area contributed by atoms with E-state index in [0.29, 0.717) is 18.0 Å². The molecular weight excluding hydrogens is 376 g/mol. The predicted octanol–water partition coefficient (Wildman–Crippen LogP) is 5.03. The first kappa shape index (κ1) is 19.7. The number of nitrogens with zero attached hydrogens (tertiary/aromatic N) is 1. The smallest absolute Gasteiger partial charge is 0.229 e. The van der Waals surface area contributed by atoms with Gasteiger partial charge < -0.3 is 15.0 Å². The number of amides is 2. The van der Waals surface area contributed by atoms with Crippen LogP contribution in [-0.2, 0) is 16.0 Å². The summed E-state index contributed by atoms with van der Waals surface area (Å²) >= 11 is 0. The number of benzene rings is 3. The Kier molecular flexibility index (Phi) is 5.80. The Bertz CT molecular complexity index is 1030. The van der Waals surface area contributed by atoms with E-state index in [0.717, 1.165) is 23.4 Å². The highest BCUT2D eigenvalue weighted by Crippen LogP contribution is 2.29. The summed E-state index contributed by atoms with van der Waals surface area (Å²) in [7, 11) is 0. The van der Waals surface area contributed by atoms with Gasteiger partial charge in [-0.2, -0.15) is 0 Å². The maximum absolute atomic E-state index is 12.7. The van der Waals surface area contributed by atoms with Crippen LogP contribution in [0.1, 0.15) is 18.9 Å². The molecule has 1 atom stereocenters. The molecule has 5 nitrogen and oxygen atoms in total. The van der Waals surface area contributed by atoms with Crippen LogP contribution in [0.2, 0.25) is 0 Å². The van der Waals surface area contributed by atoms with Gasteiger partial charge in [-0.05, 0) is 54.4 Å². The lowest BCUT2D eigenvalue weighted by Gasteiger charge is -2.20. The molecule has 0 radical (unpaired) electrons. The number of carbonyl (C=O) groups excluding carboxylic acids is 2. The fourth-order valence-corrected chi connectivity index (χ4v) is 3.66. The number of anilines is 2. The minimum Gasteiger partial charge on any atom is -0.457 e. The Balaban J connectivity index is 1.39. The fourth-order valence-electron chi connectivity index (χ4n) is 3.66. The molecule has 30 heavy (non-hydrogen) atoms. The molecule has 0 aliphatic carbocycles. The first-order valence-corrected chi connectivity index (χ1v) is 10.2. The molecule has 2 amide bonds. The lowest BCUT2D eigenvalue weighted by atomic mass is 10.1. The van der Waals surface area contributed by atoms with Crippen molar-refractivity contribution in [3.63, 3.8) is 0 Å². The zero-order chi connectivity index (χ0) is 20.9. The maximum atomic E-state index is 12.7. The number of hydrogen-bond acceptors (Lipinski definition) is 3. The van der Waals surface area contributed by atoms with E-state index in [-0.39, 0.29) is 24.2 Å². The average Bonchev–Trinajstić information content (AvgIpc) is 3.17. The van der Waals surface area contributed by atoms with Crippen molar-refractivity contribution < 1.29 is 14.3 Å². The molecule has 0 spiro atoms. The molecule has 1 aliphatic heterocycles. The van der Waals surface area contributed by atoms with Gasteiger partial charge in [0, 0.05) is 24.3 Å². The van der Waals surface area contributed by atoms with Gasteiger partial charge in [0.1, 0.15) is 11.5 Å². The molecule has 152 valence electrons. The van der Waals surface area contributed by atoms with E-state index >= 15 is 0 Å². The van der Waals surface area contributed by atoms with Crippen LogP contribution in [-0.4, -0.2) is 18.4 Å². The Labute approximate surface area is 176 Å². The summed E-state index contributed by atoms with van der Waals surface area (Å²) in [6, 6.07) is 24.6. The van der Waals surface area contributed by atoms with Crippen molar-refractivity contribution in [1.82, 2.24) is 0 Å². The third kappa shape index (κ3) is 4.35. The van der Waals surface area contributed by atoms with Crippen molar-refractivity contribution in [3.05, 3.63) is 84.4 Å². The predicted molar refractivity (Wildman–Crippen MR) is 118 cm³/mol. The number of nitrogens with one attached hydrogen (secondary N) is 1. The fraction of sp³-hybridized carbons (Fsp3) is 0.200. The van der Waals surface area contributed by atoms with E-state index in [1.54, 1.807) is 17.0 Å². The quantitative estimate of drug-likeness (QED) is 0.631. The molecule has 1 N–H and O–H groups in total. The average molecular weight is 400 g/mol. The molecule has 4 rings (SSSR count). The highest BCUT2D eigenvalue weighted by atomic mass is 16.5. The van der Waals surface area contributed by atoms with Gasteiger partial charge in [-0.25, -0.2) is 0 Å². The Morgan fingerprint density at radius 2 is 1.63 bits per heavy atom. The molecule has 1 aliphatic rings. The first-order chi connectivity index (χ1) is 14.6. The molecule has 0 aromatic heterocycles. The molecular formula is C25H24N2O3. The van der Waals surface area contributed by atoms with Crippen LogP contribution >= 0.6 is 0 Å². The van der Waals surface area contributed by atoms with Gasteiger partial charge >= 0.3 is 0 Å². The summed E-state index contributed by atoms with van der Waals surface area (Å²) < 4.78 is 5.77. The molecule has 3 aromatic rings. The molecule has 1 fully saturated rings. The van der Waals surface area contributed by atoms with E-state index in [4.69, 9.17) is 4.74 Å². The van der Waals surface area contributed by atoms with Crippen LogP contribution in [0.15, 0.2) is 78.9 Å². The van der Waals surface area contributed by atoms with Crippen molar-refractivity contribution in [2.45, 2.75) is 19.8 Å². The Morgan fingerprint density at radius 1 is 0.967 bits per heavy atom. The maximum Gasteiger partial charge on any atom is 0.229 e. The van der Waals surface area contributed by atoms with Gasteiger partial charge in [-0.3, -0.25) is 9.59 Å². The van der Waals surface area contributed by atoms with E-state index in [1.165, 1.54) is 0 Å². The van der Waals surface area contributed by atoms with Gasteiger partial charge in [0.25, 0.3) is 0 Å². The zero-order valence-corrected chi connectivity index (χ0v) is 16.9. The van der Waals surface area contributed by atoms with Crippen molar-refractivity contribution in [2.75, 3.05) is 16.8 Å². The van der Waals surface area contributed by atoms with Crippen LogP contribution in [0.5, 0.6) is 11.5 Å². The summed E-state index contributed by atoms with van der Waals surface area (Å²) in [6.07, 6.45) is 1.06. The summed E-state index contributed by atoms with van der Waals surface area (Å²) in [4.78, 5) is 27.0. The summed E-state index contributed by atoms with van der Waals surface area (Å²) in [6.45, 7) is 2.46. The number of rotatable bonds is 6. The van der Waals surface area contributed by atoms with E-state index in [9.17, 15) is 9.59 Å². The lowest BCUT2D eigenvalue weighted by Crippen LogP contribution is -2.28. The van der Waals surface area contributed by atoms with Crippen LogP contribution in [0, 0.1) is 5.92 Å². The van der Waals surface area contributed by atoms with Gasteiger partial charge in [-0.15, -0.1) is 0 Å². The van der Waals surface area contributed by atoms with Crippen molar-refractivity contribution >= 4 is 23.2 Å². The summed E-state index contributed by atoms with van der Waals surface area (Å²) in [5.74, 6) is 0.922. The van der Waals surface area contributed by atoms with E-state index in [2.05, 4.69) is 12.2 Å². The molecule has 5 heteroatoms. The highest BCUT2D eigenvalue weighted by molar-refractivity contribution is 6.03. The molecule has 1 saturated heterocycles. The first-order valence-electron chi connectivity index (χ1n) is 10.2. The normalized spacial score (nSPS) is 15.8. The van der Waals surface area contributed by atoms with E-state index < -0.39 is 0 Å². The van der Waals surface area contributed by atoms with Crippen LogP contribution < -0.4 is 15.0 Å². The van der Waals surface area contributed by atoms with Gasteiger partial charge in [-0.1, -0.05) is 43.3 Å². The number of carbonyl (C=O) groups is 2. The Hall–Kier alpha value is -3.60. The number of ether oxygens (including phenoxy) is 1. The largest absolute Gasteiger partial charge is 0.457 e. The molecule has 3 aromatic carbocycles. The van der Waals surface area contributed by atoms with Crippen molar-refractivity contribution in [3.8, 4) is 11.5 Å². The van der Waals surface area contributed by atoms with E-state index in [1.807, 2.05) is 66.7 Å². The molecule has 1 heterocycles. The SMILES string of the molecule is CCc1ccccc1N1C[C@H](C(=O)Nc2ccc(Oc3ccccc3)cc2)CC1=O. The highest BCUT2D eigenvalue weighted by Gasteiger charge is 2.35. The third-order valence-electron chi connectivity index (χ3n) is 5.26. The summed E-state index contributed by atoms with van der Waals surface area (Å²) in [5.41, 5.74) is 2.70. The lowest BCUT2D eigenvalue weighted by molar-refractivity contribution is -0.122. The molecule has 0 saturated carbocycles. The minimum atomic E-state index is -0.373. The molecule has 0 unspecified atom stereocenters. The Morgan fingerprint density at radius 3 is 2.37 bits per heavy atom. The number of hydrogen-bond donors (Lipinski definition) is 1. The van der Waals surface area contributed by atoms with Gasteiger partial charge in [0.05, 0.1) is 5.92 Å².